The van der Waals surface area contributed by atoms with Crippen LogP contribution >= 0.6 is 0 Å². The summed E-state index contributed by atoms with van der Waals surface area (Å²) in [6.07, 6.45) is 6.79. The van der Waals surface area contributed by atoms with Crippen molar-refractivity contribution in [1.29, 1.82) is 0 Å². The molecule has 0 amide bonds. The molecule has 17 heavy (non-hydrogen) atoms. The molecule has 1 heteroatoms. The Morgan fingerprint density at radius 2 is 1.82 bits per heavy atom. The zero-order valence-electron chi connectivity index (χ0n) is 12.8. The summed E-state index contributed by atoms with van der Waals surface area (Å²) in [5.74, 6) is 1.67. The minimum Gasteiger partial charge on any atom is -0.311 e. The molecule has 1 N–H and O–H groups in total. The number of hydrogen-bond acceptors (Lipinski definition) is 1. The molecule has 0 spiro atoms. The summed E-state index contributed by atoms with van der Waals surface area (Å²) in [4.78, 5) is 0. The van der Waals surface area contributed by atoms with Crippen LogP contribution in [-0.2, 0) is 0 Å². The van der Waals surface area contributed by atoms with Gasteiger partial charge >= 0.3 is 0 Å². The molecule has 0 saturated heterocycles. The molecule has 0 aliphatic heterocycles. The molecule has 1 nitrogen and oxygen atoms in total. The van der Waals surface area contributed by atoms with Crippen LogP contribution in [0.5, 0.6) is 0 Å². The van der Waals surface area contributed by atoms with E-state index in [2.05, 4.69) is 46.9 Å². The predicted octanol–water partition coefficient (Wildman–Crippen LogP) is 4.62. The van der Waals surface area contributed by atoms with Gasteiger partial charge in [0.1, 0.15) is 0 Å². The van der Waals surface area contributed by atoms with Crippen LogP contribution in [0.2, 0.25) is 0 Å². The van der Waals surface area contributed by atoms with Crippen molar-refractivity contribution in [2.75, 3.05) is 0 Å². The number of hydrogen-bond donors (Lipinski definition) is 1. The normalized spacial score (nSPS) is 30.5. The Kier molecular flexibility index (Phi) is 5.50. The van der Waals surface area contributed by atoms with Crippen LogP contribution in [-0.4, -0.2) is 12.1 Å². The first-order valence-electron chi connectivity index (χ1n) is 7.56. The third kappa shape index (κ3) is 5.42. The third-order valence-electron chi connectivity index (χ3n) is 4.37. The summed E-state index contributed by atoms with van der Waals surface area (Å²) in [5.41, 5.74) is 0.568. The molecule has 1 aliphatic carbocycles. The molecule has 1 saturated carbocycles. The molecule has 3 atom stereocenters. The van der Waals surface area contributed by atoms with Gasteiger partial charge in [-0.3, -0.25) is 0 Å². The molecule has 1 aliphatic rings. The van der Waals surface area contributed by atoms with Crippen molar-refractivity contribution in [1.82, 2.24) is 5.32 Å². The Bertz CT molecular complexity index is 220. The monoisotopic (exact) mass is 239 g/mol. The van der Waals surface area contributed by atoms with Crippen molar-refractivity contribution in [3.63, 3.8) is 0 Å². The maximum atomic E-state index is 3.86. The molecule has 1 rings (SSSR count). The van der Waals surface area contributed by atoms with Gasteiger partial charge < -0.3 is 5.32 Å². The minimum absolute atomic E-state index is 0.568. The van der Waals surface area contributed by atoms with Gasteiger partial charge in [0.2, 0.25) is 0 Å². The summed E-state index contributed by atoms with van der Waals surface area (Å²) >= 11 is 0. The van der Waals surface area contributed by atoms with Crippen LogP contribution < -0.4 is 5.32 Å². The van der Waals surface area contributed by atoms with Crippen LogP contribution in [0.15, 0.2) is 0 Å². The fourth-order valence-corrected chi connectivity index (χ4v) is 3.23. The smallest absolute Gasteiger partial charge is 0.00955 e. The van der Waals surface area contributed by atoms with Crippen LogP contribution in [0.3, 0.4) is 0 Å². The lowest BCUT2D eigenvalue weighted by Crippen LogP contribution is -2.45. The van der Waals surface area contributed by atoms with Crippen molar-refractivity contribution in [2.24, 2.45) is 17.3 Å². The number of rotatable bonds is 5. The van der Waals surface area contributed by atoms with Gasteiger partial charge in [-0.05, 0) is 56.3 Å². The Hall–Kier alpha value is -0.0400. The van der Waals surface area contributed by atoms with Crippen LogP contribution in [0.1, 0.15) is 73.6 Å². The van der Waals surface area contributed by atoms with E-state index < -0.39 is 0 Å². The van der Waals surface area contributed by atoms with E-state index in [1.165, 1.54) is 32.1 Å². The van der Waals surface area contributed by atoms with E-state index in [1.807, 2.05) is 0 Å². The Balaban J connectivity index is 2.32. The molecule has 1 fully saturated rings. The molecule has 0 heterocycles. The molecule has 0 aromatic heterocycles. The summed E-state index contributed by atoms with van der Waals surface area (Å²) in [5, 5.41) is 3.86. The van der Waals surface area contributed by atoms with Gasteiger partial charge in [-0.15, -0.1) is 0 Å². The highest BCUT2D eigenvalue weighted by Gasteiger charge is 2.32. The van der Waals surface area contributed by atoms with E-state index in [9.17, 15) is 0 Å². The van der Waals surface area contributed by atoms with Crippen LogP contribution in [0.4, 0.5) is 0 Å². The van der Waals surface area contributed by atoms with E-state index in [0.717, 1.165) is 17.9 Å². The highest BCUT2D eigenvalue weighted by Crippen LogP contribution is 2.38. The van der Waals surface area contributed by atoms with Gasteiger partial charge in [-0.1, -0.05) is 34.6 Å². The molecule has 0 aromatic carbocycles. The maximum absolute atomic E-state index is 3.86. The Labute approximate surface area is 109 Å². The van der Waals surface area contributed by atoms with Gasteiger partial charge in [0.05, 0.1) is 0 Å². The van der Waals surface area contributed by atoms with Crippen molar-refractivity contribution < 1.29 is 0 Å². The Morgan fingerprint density at radius 1 is 1.18 bits per heavy atom. The van der Waals surface area contributed by atoms with Gasteiger partial charge in [0, 0.05) is 12.1 Å². The highest BCUT2D eigenvalue weighted by atomic mass is 15.0. The van der Waals surface area contributed by atoms with Crippen LogP contribution in [0.25, 0.3) is 0 Å². The standard InChI is InChI=1S/C16H33N/c1-12(2)7-8-14(4)17-15-9-10-16(5,6)11-13(15)3/h12-15,17H,7-11H2,1-6H3. The second-order valence-electron chi connectivity index (χ2n) is 7.53. The lowest BCUT2D eigenvalue weighted by Gasteiger charge is -2.40. The summed E-state index contributed by atoms with van der Waals surface area (Å²) in [7, 11) is 0. The topological polar surface area (TPSA) is 12.0 Å². The number of nitrogens with one attached hydrogen (secondary N) is 1. The Morgan fingerprint density at radius 3 is 2.35 bits per heavy atom. The van der Waals surface area contributed by atoms with E-state index >= 15 is 0 Å². The second kappa shape index (κ2) is 6.22. The first kappa shape index (κ1) is 15.0. The fraction of sp³-hybridized carbons (Fsp3) is 1.00. The van der Waals surface area contributed by atoms with E-state index in [1.54, 1.807) is 0 Å². The van der Waals surface area contributed by atoms with Gasteiger partial charge in [0.25, 0.3) is 0 Å². The van der Waals surface area contributed by atoms with Crippen molar-refractivity contribution in [3.8, 4) is 0 Å². The lowest BCUT2D eigenvalue weighted by atomic mass is 9.70. The van der Waals surface area contributed by atoms with Gasteiger partial charge in [-0.25, -0.2) is 0 Å². The molecule has 0 bridgehead atoms. The minimum atomic E-state index is 0.568. The zero-order valence-corrected chi connectivity index (χ0v) is 12.8. The molecule has 3 unspecified atom stereocenters. The van der Waals surface area contributed by atoms with Gasteiger partial charge in [0.15, 0.2) is 0 Å². The lowest BCUT2D eigenvalue weighted by molar-refractivity contribution is 0.141. The van der Waals surface area contributed by atoms with E-state index in [-0.39, 0.29) is 0 Å². The maximum Gasteiger partial charge on any atom is 0.00955 e. The largest absolute Gasteiger partial charge is 0.311 e. The van der Waals surface area contributed by atoms with E-state index in [4.69, 9.17) is 0 Å². The average molecular weight is 239 g/mol. The third-order valence-corrected chi connectivity index (χ3v) is 4.37. The van der Waals surface area contributed by atoms with Crippen molar-refractivity contribution in [2.45, 2.75) is 85.7 Å². The average Bonchev–Trinajstić information content (AvgIpc) is 2.18. The molecular formula is C16H33N. The second-order valence-corrected chi connectivity index (χ2v) is 7.53. The first-order valence-corrected chi connectivity index (χ1v) is 7.56. The van der Waals surface area contributed by atoms with Crippen LogP contribution in [0, 0.1) is 17.3 Å². The molecule has 0 radical (unpaired) electrons. The predicted molar refractivity (Wildman–Crippen MR) is 77.3 cm³/mol. The molecular weight excluding hydrogens is 206 g/mol. The summed E-state index contributed by atoms with van der Waals surface area (Å²) < 4.78 is 0. The fourth-order valence-electron chi connectivity index (χ4n) is 3.23. The van der Waals surface area contributed by atoms with Crippen molar-refractivity contribution in [3.05, 3.63) is 0 Å². The SMILES string of the molecule is CC(C)CCC(C)NC1CCC(C)(C)CC1C. The zero-order chi connectivity index (χ0) is 13.1. The molecule has 102 valence electrons. The van der Waals surface area contributed by atoms with E-state index in [0.29, 0.717) is 11.5 Å². The first-order chi connectivity index (χ1) is 7.80. The van der Waals surface area contributed by atoms with Crippen molar-refractivity contribution >= 4 is 0 Å². The summed E-state index contributed by atoms with van der Waals surface area (Å²) in [6, 6.07) is 1.44. The molecule has 0 aromatic rings. The van der Waals surface area contributed by atoms with Gasteiger partial charge in [-0.2, -0.15) is 0 Å². The quantitative estimate of drug-likeness (QED) is 0.738. The summed E-state index contributed by atoms with van der Waals surface area (Å²) in [6.45, 7) is 14.3. The highest BCUT2D eigenvalue weighted by molar-refractivity contribution is 4.87.